The number of alkyl halides is 2. The topological polar surface area (TPSA) is 55.1 Å². The first-order valence-electron chi connectivity index (χ1n) is 6.38. The first-order chi connectivity index (χ1) is 8.98. The molecule has 6 heteroatoms. The summed E-state index contributed by atoms with van der Waals surface area (Å²) in [5.74, 6) is -3.36. The summed E-state index contributed by atoms with van der Waals surface area (Å²) < 4.78 is 25.8. The third-order valence-electron chi connectivity index (χ3n) is 3.04. The molecular weight excluding hydrogens is 286 g/mol. The zero-order valence-electron chi connectivity index (χ0n) is 11.4. The van der Waals surface area contributed by atoms with Gasteiger partial charge in [-0.2, -0.15) is 0 Å². The Balaban J connectivity index is 0.00000361. The minimum absolute atomic E-state index is 0. The van der Waals surface area contributed by atoms with E-state index in [4.69, 9.17) is 5.73 Å². The van der Waals surface area contributed by atoms with E-state index in [1.165, 1.54) is 0 Å². The lowest BCUT2D eigenvalue weighted by molar-refractivity contribution is -0.123. The highest BCUT2D eigenvalue weighted by molar-refractivity contribution is 5.85. The van der Waals surface area contributed by atoms with Crippen molar-refractivity contribution in [1.29, 1.82) is 0 Å². The second kappa shape index (κ2) is 8.87. The van der Waals surface area contributed by atoms with E-state index in [2.05, 4.69) is 5.32 Å². The van der Waals surface area contributed by atoms with Crippen molar-refractivity contribution >= 4 is 18.3 Å². The monoisotopic (exact) mass is 306 g/mol. The van der Waals surface area contributed by atoms with Crippen molar-refractivity contribution in [3.05, 3.63) is 35.9 Å². The number of halogens is 3. The third kappa shape index (κ3) is 6.30. The number of carbonyl (C=O) groups excluding carboxylic acids is 1. The van der Waals surface area contributed by atoms with Gasteiger partial charge < -0.3 is 11.1 Å². The molecule has 114 valence electrons. The molecule has 3 N–H and O–H groups in total. The Morgan fingerprint density at radius 1 is 1.35 bits per heavy atom. The van der Waals surface area contributed by atoms with Crippen LogP contribution in [-0.2, 0) is 4.79 Å². The van der Waals surface area contributed by atoms with E-state index in [1.54, 1.807) is 0 Å². The first kappa shape index (κ1) is 18.8. The number of benzene rings is 1. The molecule has 0 aliphatic carbocycles. The van der Waals surface area contributed by atoms with Gasteiger partial charge in [-0.1, -0.05) is 37.3 Å². The summed E-state index contributed by atoms with van der Waals surface area (Å²) in [6.45, 7) is 0.510. The Hall–Kier alpha value is -1.20. The smallest absolute Gasteiger partial charge is 0.277 e. The molecule has 0 aliphatic heterocycles. The van der Waals surface area contributed by atoms with Crippen LogP contribution >= 0.6 is 12.4 Å². The van der Waals surface area contributed by atoms with Crippen molar-refractivity contribution in [2.24, 2.45) is 5.73 Å². The summed E-state index contributed by atoms with van der Waals surface area (Å²) in [6, 6.07) is 9.58. The Bertz CT molecular complexity index is 401. The average Bonchev–Trinajstić information content (AvgIpc) is 2.43. The molecule has 0 bridgehead atoms. The molecule has 0 fully saturated rings. The number of nitrogens with two attached hydrogens (primary N) is 1. The summed E-state index contributed by atoms with van der Waals surface area (Å²) in [5, 5.41) is 2.24. The number of rotatable bonds is 7. The lowest BCUT2D eigenvalue weighted by Gasteiger charge is -2.17. The van der Waals surface area contributed by atoms with Crippen LogP contribution < -0.4 is 11.1 Å². The molecule has 0 saturated carbocycles. The van der Waals surface area contributed by atoms with Gasteiger partial charge in [0.1, 0.15) is 0 Å². The van der Waals surface area contributed by atoms with Gasteiger partial charge in [-0.25, -0.2) is 8.78 Å². The minimum Gasteiger partial charge on any atom is -0.350 e. The van der Waals surface area contributed by atoms with Crippen LogP contribution in [0.2, 0.25) is 0 Å². The van der Waals surface area contributed by atoms with Gasteiger partial charge in [-0.15, -0.1) is 12.4 Å². The molecule has 0 heterocycles. The molecule has 1 aromatic rings. The van der Waals surface area contributed by atoms with E-state index in [0.29, 0.717) is 0 Å². The van der Waals surface area contributed by atoms with Gasteiger partial charge in [0.05, 0.1) is 13.1 Å². The van der Waals surface area contributed by atoms with Crippen molar-refractivity contribution in [1.82, 2.24) is 5.32 Å². The standard InChI is InChI=1S/C14H20F2N2O.ClH/c1-2-11(12-6-4-3-5-7-12)8-13(19)18-10-14(15,16)9-17;/h3-7,11H,2,8-10,17H2,1H3,(H,18,19);1H. The SMILES string of the molecule is CCC(CC(=O)NCC(F)(F)CN)c1ccccc1.Cl. The Morgan fingerprint density at radius 2 is 1.95 bits per heavy atom. The molecule has 20 heavy (non-hydrogen) atoms. The van der Waals surface area contributed by atoms with Crippen molar-refractivity contribution < 1.29 is 13.6 Å². The molecule has 1 atom stereocenters. The van der Waals surface area contributed by atoms with Crippen LogP contribution in [-0.4, -0.2) is 24.9 Å². The molecule has 0 aliphatic rings. The fraction of sp³-hybridized carbons (Fsp3) is 0.500. The predicted octanol–water partition coefficient (Wildman–Crippen LogP) is 2.70. The highest BCUT2D eigenvalue weighted by atomic mass is 35.5. The molecule has 1 unspecified atom stereocenters. The maximum Gasteiger partial charge on any atom is 0.277 e. The highest BCUT2D eigenvalue weighted by Crippen LogP contribution is 2.22. The predicted molar refractivity (Wildman–Crippen MR) is 78.4 cm³/mol. The van der Waals surface area contributed by atoms with Crippen LogP contribution in [0.1, 0.15) is 31.2 Å². The number of nitrogens with one attached hydrogen (secondary N) is 1. The largest absolute Gasteiger partial charge is 0.350 e. The van der Waals surface area contributed by atoms with Gasteiger partial charge in [-0.3, -0.25) is 4.79 Å². The molecule has 0 radical (unpaired) electrons. The second-order valence-corrected chi connectivity index (χ2v) is 4.56. The van der Waals surface area contributed by atoms with Crippen molar-refractivity contribution in [3.63, 3.8) is 0 Å². The average molecular weight is 307 g/mol. The maximum atomic E-state index is 12.9. The first-order valence-corrected chi connectivity index (χ1v) is 6.38. The Morgan fingerprint density at radius 3 is 2.45 bits per heavy atom. The van der Waals surface area contributed by atoms with Crippen molar-refractivity contribution in [3.8, 4) is 0 Å². The molecular formula is C14H21ClF2N2O. The normalized spacial score (nSPS) is 12.4. The molecule has 0 saturated heterocycles. The van der Waals surface area contributed by atoms with Crippen LogP contribution in [0.3, 0.4) is 0 Å². The van der Waals surface area contributed by atoms with Gasteiger partial charge in [0.25, 0.3) is 5.92 Å². The lowest BCUT2D eigenvalue weighted by Crippen LogP contribution is -2.41. The lowest BCUT2D eigenvalue weighted by atomic mass is 9.93. The maximum absolute atomic E-state index is 12.9. The molecule has 1 rings (SSSR count). The highest BCUT2D eigenvalue weighted by Gasteiger charge is 2.27. The minimum atomic E-state index is -3.04. The Labute approximate surface area is 124 Å². The van der Waals surface area contributed by atoms with Gasteiger partial charge >= 0.3 is 0 Å². The summed E-state index contributed by atoms with van der Waals surface area (Å²) in [6.07, 6.45) is 0.992. The summed E-state index contributed by atoms with van der Waals surface area (Å²) >= 11 is 0. The second-order valence-electron chi connectivity index (χ2n) is 4.56. The molecule has 1 aromatic carbocycles. The summed E-state index contributed by atoms with van der Waals surface area (Å²) in [4.78, 5) is 11.7. The van der Waals surface area contributed by atoms with E-state index in [1.807, 2.05) is 37.3 Å². The zero-order chi connectivity index (χ0) is 14.3. The van der Waals surface area contributed by atoms with Crippen LogP contribution in [0.25, 0.3) is 0 Å². The Kier molecular flexibility index (Phi) is 8.34. The number of carbonyl (C=O) groups is 1. The molecule has 3 nitrogen and oxygen atoms in total. The van der Waals surface area contributed by atoms with Crippen molar-refractivity contribution in [2.75, 3.05) is 13.1 Å². The zero-order valence-corrected chi connectivity index (χ0v) is 12.3. The fourth-order valence-electron chi connectivity index (χ4n) is 1.82. The molecule has 1 amide bonds. The molecule has 0 aromatic heterocycles. The van der Waals surface area contributed by atoms with E-state index < -0.39 is 19.0 Å². The fourth-order valence-corrected chi connectivity index (χ4v) is 1.82. The van der Waals surface area contributed by atoms with E-state index in [0.717, 1.165) is 12.0 Å². The van der Waals surface area contributed by atoms with Gasteiger partial charge in [0.2, 0.25) is 5.91 Å². The molecule has 0 spiro atoms. The van der Waals surface area contributed by atoms with Crippen LogP contribution in [0.4, 0.5) is 8.78 Å². The van der Waals surface area contributed by atoms with E-state index >= 15 is 0 Å². The quantitative estimate of drug-likeness (QED) is 0.814. The van der Waals surface area contributed by atoms with Crippen LogP contribution in [0.5, 0.6) is 0 Å². The van der Waals surface area contributed by atoms with Gasteiger partial charge in [0.15, 0.2) is 0 Å². The number of hydrogen-bond donors (Lipinski definition) is 2. The summed E-state index contributed by atoms with van der Waals surface area (Å²) in [7, 11) is 0. The van der Waals surface area contributed by atoms with Crippen LogP contribution in [0, 0.1) is 0 Å². The van der Waals surface area contributed by atoms with Gasteiger partial charge in [-0.05, 0) is 17.9 Å². The van der Waals surface area contributed by atoms with E-state index in [9.17, 15) is 13.6 Å². The van der Waals surface area contributed by atoms with E-state index in [-0.39, 0.29) is 30.7 Å². The number of amides is 1. The summed E-state index contributed by atoms with van der Waals surface area (Å²) in [5.41, 5.74) is 5.96. The number of hydrogen-bond acceptors (Lipinski definition) is 2. The van der Waals surface area contributed by atoms with Gasteiger partial charge in [0, 0.05) is 6.42 Å². The van der Waals surface area contributed by atoms with Crippen molar-refractivity contribution in [2.45, 2.75) is 31.6 Å². The third-order valence-corrected chi connectivity index (χ3v) is 3.04. The van der Waals surface area contributed by atoms with Crippen LogP contribution in [0.15, 0.2) is 30.3 Å².